The third-order valence-electron chi connectivity index (χ3n) is 4.67. The average molecular weight is 416 g/mol. The summed E-state index contributed by atoms with van der Waals surface area (Å²) in [6, 6.07) is 6.36. The first kappa shape index (κ1) is 21.6. The van der Waals surface area contributed by atoms with Crippen molar-refractivity contribution in [2.45, 2.75) is 75.5 Å². The molecule has 4 unspecified atom stereocenters. The van der Waals surface area contributed by atoms with E-state index in [2.05, 4.69) is 0 Å². The van der Waals surface area contributed by atoms with Crippen molar-refractivity contribution in [3.63, 3.8) is 0 Å². The molecule has 3 rings (SSSR count). The fourth-order valence-corrected chi connectivity index (χ4v) is 4.23. The summed E-state index contributed by atoms with van der Waals surface area (Å²) < 4.78 is 52.9. The number of aliphatic hydroxyl groups excluding tert-OH is 1. The maximum absolute atomic E-state index is 12.5. The van der Waals surface area contributed by atoms with E-state index in [1.165, 1.54) is 12.1 Å². The highest BCUT2D eigenvalue weighted by molar-refractivity contribution is 7.86. The van der Waals surface area contributed by atoms with Gasteiger partial charge in [-0.15, -0.1) is 0 Å². The van der Waals surface area contributed by atoms with Gasteiger partial charge in [0.15, 0.2) is 11.6 Å². The molecule has 2 saturated heterocycles. The third-order valence-corrected chi connectivity index (χ3v) is 5.96. The summed E-state index contributed by atoms with van der Waals surface area (Å²) in [5.74, 6) is -1.80. The van der Waals surface area contributed by atoms with Crippen LogP contribution in [0, 0.1) is 6.92 Å². The SMILES string of the molecule is Cc1ccc(S(=O)(=O)OCC2OC(C)(C)OC2C(O)C2COC(C)(C)O2)cc1. The van der Waals surface area contributed by atoms with E-state index >= 15 is 0 Å². The van der Waals surface area contributed by atoms with Gasteiger partial charge >= 0.3 is 0 Å². The van der Waals surface area contributed by atoms with Crippen molar-refractivity contribution in [3.05, 3.63) is 29.8 Å². The van der Waals surface area contributed by atoms with Gasteiger partial charge in [0.05, 0.1) is 18.1 Å². The molecular formula is C19H28O8S. The topological polar surface area (TPSA) is 101 Å². The first-order valence-electron chi connectivity index (χ1n) is 9.20. The minimum atomic E-state index is -3.96. The summed E-state index contributed by atoms with van der Waals surface area (Å²) in [7, 11) is -3.96. The highest BCUT2D eigenvalue weighted by Crippen LogP contribution is 2.34. The van der Waals surface area contributed by atoms with Crippen LogP contribution in [-0.4, -0.2) is 62.7 Å². The summed E-state index contributed by atoms with van der Waals surface area (Å²) in [5.41, 5.74) is 0.943. The lowest BCUT2D eigenvalue weighted by molar-refractivity contribution is -0.178. The van der Waals surface area contributed by atoms with Crippen LogP contribution < -0.4 is 0 Å². The summed E-state index contributed by atoms with van der Waals surface area (Å²) in [6.45, 7) is 8.66. The van der Waals surface area contributed by atoms with Gasteiger partial charge in [-0.2, -0.15) is 8.42 Å². The van der Waals surface area contributed by atoms with Gasteiger partial charge in [-0.3, -0.25) is 4.18 Å². The molecule has 1 aromatic carbocycles. The predicted molar refractivity (Wildman–Crippen MR) is 99.1 cm³/mol. The summed E-state index contributed by atoms with van der Waals surface area (Å²) >= 11 is 0. The van der Waals surface area contributed by atoms with Crippen LogP contribution in [0.4, 0.5) is 0 Å². The third kappa shape index (κ3) is 4.91. The molecular weight excluding hydrogens is 388 g/mol. The van der Waals surface area contributed by atoms with Crippen LogP contribution in [0.3, 0.4) is 0 Å². The number of aryl methyl sites for hydroxylation is 1. The maximum atomic E-state index is 12.5. The molecule has 0 aromatic heterocycles. The molecule has 0 radical (unpaired) electrons. The van der Waals surface area contributed by atoms with Crippen LogP contribution in [-0.2, 0) is 33.2 Å². The smallest absolute Gasteiger partial charge is 0.297 e. The average Bonchev–Trinajstić information content (AvgIpc) is 3.11. The zero-order valence-corrected chi connectivity index (χ0v) is 17.6. The van der Waals surface area contributed by atoms with Gasteiger partial charge in [0, 0.05) is 0 Å². The van der Waals surface area contributed by atoms with Crippen LogP contribution in [0.5, 0.6) is 0 Å². The van der Waals surface area contributed by atoms with Crippen LogP contribution >= 0.6 is 0 Å². The van der Waals surface area contributed by atoms with Crippen molar-refractivity contribution in [2.75, 3.05) is 13.2 Å². The van der Waals surface area contributed by atoms with Crippen LogP contribution in [0.25, 0.3) is 0 Å². The zero-order chi connectivity index (χ0) is 20.7. The summed E-state index contributed by atoms with van der Waals surface area (Å²) in [6.07, 6.45) is -3.31. The van der Waals surface area contributed by atoms with E-state index in [1.807, 2.05) is 6.92 Å². The van der Waals surface area contributed by atoms with E-state index in [1.54, 1.807) is 39.8 Å². The molecule has 158 valence electrons. The number of ether oxygens (including phenoxy) is 4. The Morgan fingerprint density at radius 3 is 2.32 bits per heavy atom. The van der Waals surface area contributed by atoms with Crippen molar-refractivity contribution in [2.24, 2.45) is 0 Å². The lowest BCUT2D eigenvalue weighted by Gasteiger charge is -2.26. The molecule has 9 heteroatoms. The number of hydrogen-bond acceptors (Lipinski definition) is 8. The second-order valence-electron chi connectivity index (χ2n) is 8.05. The van der Waals surface area contributed by atoms with Crippen molar-refractivity contribution in [1.82, 2.24) is 0 Å². The first-order valence-corrected chi connectivity index (χ1v) is 10.6. The molecule has 0 spiro atoms. The Kier molecular flexibility index (Phi) is 5.90. The quantitative estimate of drug-likeness (QED) is 0.700. The monoisotopic (exact) mass is 416 g/mol. The van der Waals surface area contributed by atoms with Crippen molar-refractivity contribution >= 4 is 10.1 Å². The molecule has 2 fully saturated rings. The fraction of sp³-hybridized carbons (Fsp3) is 0.684. The molecule has 2 heterocycles. The van der Waals surface area contributed by atoms with Crippen molar-refractivity contribution in [3.8, 4) is 0 Å². The first-order chi connectivity index (χ1) is 12.9. The molecule has 2 aliphatic heterocycles. The molecule has 8 nitrogen and oxygen atoms in total. The second kappa shape index (κ2) is 7.64. The Hall–Kier alpha value is -1.07. The molecule has 0 saturated carbocycles. The van der Waals surface area contributed by atoms with Gasteiger partial charge in [0.2, 0.25) is 0 Å². The highest BCUT2D eigenvalue weighted by Gasteiger charge is 2.50. The lowest BCUT2D eigenvalue weighted by atomic mass is 10.0. The number of hydrogen-bond donors (Lipinski definition) is 1. The lowest BCUT2D eigenvalue weighted by Crippen LogP contribution is -2.46. The largest absolute Gasteiger partial charge is 0.387 e. The van der Waals surface area contributed by atoms with Gasteiger partial charge < -0.3 is 24.1 Å². The minimum Gasteiger partial charge on any atom is -0.387 e. The minimum absolute atomic E-state index is 0.0580. The molecule has 1 aromatic rings. The van der Waals surface area contributed by atoms with Gasteiger partial charge in [-0.25, -0.2) is 0 Å². The van der Waals surface area contributed by atoms with Gasteiger partial charge in [-0.05, 0) is 46.8 Å². The number of aliphatic hydroxyl groups is 1. The predicted octanol–water partition coefficient (Wildman–Crippen LogP) is 1.73. The summed E-state index contributed by atoms with van der Waals surface area (Å²) in [5, 5.41) is 10.7. The fourth-order valence-electron chi connectivity index (χ4n) is 3.31. The Morgan fingerprint density at radius 2 is 1.75 bits per heavy atom. The summed E-state index contributed by atoms with van der Waals surface area (Å²) in [4.78, 5) is 0.0580. The maximum Gasteiger partial charge on any atom is 0.297 e. The Bertz CT molecular complexity index is 787. The van der Waals surface area contributed by atoms with Crippen LogP contribution in [0.1, 0.15) is 33.3 Å². The van der Waals surface area contributed by atoms with Crippen LogP contribution in [0.2, 0.25) is 0 Å². The van der Waals surface area contributed by atoms with Crippen molar-refractivity contribution < 1.29 is 36.7 Å². The Balaban J connectivity index is 1.69. The second-order valence-corrected chi connectivity index (χ2v) is 9.66. The molecule has 2 aliphatic rings. The molecule has 0 bridgehead atoms. The van der Waals surface area contributed by atoms with E-state index in [0.29, 0.717) is 0 Å². The molecule has 28 heavy (non-hydrogen) atoms. The number of rotatable bonds is 6. The van der Waals surface area contributed by atoms with E-state index in [9.17, 15) is 13.5 Å². The van der Waals surface area contributed by atoms with Gasteiger partial charge in [0.1, 0.15) is 24.4 Å². The normalized spacial score (nSPS) is 30.4. The van der Waals surface area contributed by atoms with E-state index in [-0.39, 0.29) is 18.1 Å². The van der Waals surface area contributed by atoms with Crippen molar-refractivity contribution in [1.29, 1.82) is 0 Å². The Labute approximate surface area is 165 Å². The standard InChI is InChI=1S/C19H28O8S/c1-12-6-8-13(9-7-12)28(21,22)24-11-15-17(27-19(4,5)26-15)16(20)14-10-23-18(2,3)25-14/h6-9,14-17,20H,10-11H2,1-5H3. The molecule has 0 aliphatic carbocycles. The number of benzene rings is 1. The molecule has 0 amide bonds. The van der Waals surface area contributed by atoms with Gasteiger partial charge in [0.25, 0.3) is 10.1 Å². The van der Waals surface area contributed by atoms with Crippen LogP contribution in [0.15, 0.2) is 29.2 Å². The molecule has 1 N–H and O–H groups in total. The highest BCUT2D eigenvalue weighted by atomic mass is 32.2. The van der Waals surface area contributed by atoms with E-state index < -0.39 is 46.1 Å². The Morgan fingerprint density at radius 1 is 1.11 bits per heavy atom. The van der Waals surface area contributed by atoms with E-state index in [0.717, 1.165) is 5.56 Å². The molecule has 4 atom stereocenters. The van der Waals surface area contributed by atoms with E-state index in [4.69, 9.17) is 23.1 Å². The zero-order valence-electron chi connectivity index (χ0n) is 16.7. The van der Waals surface area contributed by atoms with Gasteiger partial charge in [-0.1, -0.05) is 17.7 Å².